The summed E-state index contributed by atoms with van der Waals surface area (Å²) in [6.45, 7) is 2.82. The van der Waals surface area contributed by atoms with Gasteiger partial charge in [0.2, 0.25) is 5.91 Å². The lowest BCUT2D eigenvalue weighted by Crippen LogP contribution is -2.39. The molecule has 1 fully saturated rings. The van der Waals surface area contributed by atoms with Crippen LogP contribution in [0.15, 0.2) is 30.5 Å². The Morgan fingerprint density at radius 1 is 1.35 bits per heavy atom. The van der Waals surface area contributed by atoms with Crippen LogP contribution < -0.4 is 0 Å². The van der Waals surface area contributed by atoms with Crippen LogP contribution in [-0.2, 0) is 11.2 Å². The number of carbonyl (C=O) groups excluding carboxylic acids is 1. The number of rotatable bonds is 4. The van der Waals surface area contributed by atoms with Gasteiger partial charge in [-0.25, -0.2) is 4.39 Å². The molecule has 1 atom stereocenters. The van der Waals surface area contributed by atoms with Gasteiger partial charge in [0.15, 0.2) is 0 Å². The molecule has 2 aromatic rings. The highest BCUT2D eigenvalue weighted by Crippen LogP contribution is 2.31. The number of nitrogens with zero attached hydrogens (tertiary/aromatic N) is 2. The summed E-state index contributed by atoms with van der Waals surface area (Å²) in [6.07, 6.45) is 6.06. The number of aryl methyl sites for hydroxylation is 2. The van der Waals surface area contributed by atoms with Crippen molar-refractivity contribution in [2.24, 2.45) is 0 Å². The van der Waals surface area contributed by atoms with E-state index in [0.29, 0.717) is 12.8 Å². The average molecular weight is 315 g/mol. The van der Waals surface area contributed by atoms with Gasteiger partial charge in [0.25, 0.3) is 0 Å². The van der Waals surface area contributed by atoms with E-state index in [1.165, 1.54) is 12.1 Å². The van der Waals surface area contributed by atoms with Gasteiger partial charge in [-0.05, 0) is 55.9 Å². The Balaban J connectivity index is 1.66. The Labute approximate surface area is 135 Å². The van der Waals surface area contributed by atoms with Crippen LogP contribution in [0.5, 0.6) is 0 Å². The molecule has 1 unspecified atom stereocenters. The van der Waals surface area contributed by atoms with Gasteiger partial charge in [-0.1, -0.05) is 12.1 Å². The van der Waals surface area contributed by atoms with Gasteiger partial charge in [0, 0.05) is 13.0 Å². The molecule has 5 heteroatoms. The maximum atomic E-state index is 12.9. The molecule has 3 rings (SSSR count). The summed E-state index contributed by atoms with van der Waals surface area (Å²) in [6, 6.07) is 6.48. The molecule has 1 amide bonds. The first-order valence-corrected chi connectivity index (χ1v) is 8.19. The number of likely N-dealkylation sites (tertiary alicyclic amines) is 1. The first kappa shape index (κ1) is 15.7. The Kier molecular flexibility index (Phi) is 4.74. The largest absolute Gasteiger partial charge is 0.334 e. The van der Waals surface area contributed by atoms with Crippen molar-refractivity contribution in [3.63, 3.8) is 0 Å². The maximum absolute atomic E-state index is 12.9. The number of H-pyrrole nitrogens is 1. The van der Waals surface area contributed by atoms with Gasteiger partial charge in [-0.3, -0.25) is 9.89 Å². The van der Waals surface area contributed by atoms with E-state index in [0.717, 1.165) is 42.6 Å². The Morgan fingerprint density at radius 3 is 2.83 bits per heavy atom. The fourth-order valence-electron chi connectivity index (χ4n) is 3.27. The van der Waals surface area contributed by atoms with Crippen molar-refractivity contribution in [3.8, 4) is 0 Å². The number of carbonyl (C=O) groups is 1. The number of nitrogens with one attached hydrogen (secondary N) is 1. The highest BCUT2D eigenvalue weighted by molar-refractivity contribution is 5.77. The minimum atomic E-state index is -0.245. The minimum absolute atomic E-state index is 0.104. The minimum Gasteiger partial charge on any atom is -0.334 e. The topological polar surface area (TPSA) is 49.0 Å². The van der Waals surface area contributed by atoms with Crippen LogP contribution in [-0.4, -0.2) is 27.5 Å². The summed E-state index contributed by atoms with van der Waals surface area (Å²) in [5.41, 5.74) is 3.15. The van der Waals surface area contributed by atoms with Crippen molar-refractivity contribution >= 4 is 5.91 Å². The summed E-state index contributed by atoms with van der Waals surface area (Å²) >= 11 is 0. The van der Waals surface area contributed by atoms with E-state index < -0.39 is 0 Å². The number of benzene rings is 1. The molecule has 0 bridgehead atoms. The molecule has 1 aromatic carbocycles. The molecule has 122 valence electrons. The van der Waals surface area contributed by atoms with Crippen molar-refractivity contribution in [2.45, 2.75) is 45.1 Å². The predicted octanol–water partition coefficient (Wildman–Crippen LogP) is 3.54. The monoisotopic (exact) mass is 315 g/mol. The van der Waals surface area contributed by atoms with Gasteiger partial charge >= 0.3 is 0 Å². The summed E-state index contributed by atoms with van der Waals surface area (Å²) < 4.78 is 12.9. The fraction of sp³-hybridized carbons (Fsp3) is 0.444. The summed E-state index contributed by atoms with van der Waals surface area (Å²) in [4.78, 5) is 14.7. The van der Waals surface area contributed by atoms with Crippen LogP contribution in [0.4, 0.5) is 4.39 Å². The number of amides is 1. The van der Waals surface area contributed by atoms with Gasteiger partial charge in [0.05, 0.1) is 17.9 Å². The fourth-order valence-corrected chi connectivity index (χ4v) is 3.27. The van der Waals surface area contributed by atoms with Gasteiger partial charge in [-0.2, -0.15) is 5.10 Å². The molecule has 1 saturated heterocycles. The predicted molar refractivity (Wildman–Crippen MR) is 86.4 cm³/mol. The molecule has 1 aromatic heterocycles. The van der Waals surface area contributed by atoms with Crippen molar-refractivity contribution < 1.29 is 9.18 Å². The van der Waals surface area contributed by atoms with Crippen LogP contribution in [0.25, 0.3) is 0 Å². The second-order valence-corrected chi connectivity index (χ2v) is 6.19. The van der Waals surface area contributed by atoms with E-state index in [9.17, 15) is 9.18 Å². The van der Waals surface area contributed by atoms with E-state index >= 15 is 0 Å². The standard InChI is InChI=1S/C18H22FN3O/c1-13-12-20-21-18(13)16-4-2-3-11-22(16)17(23)10-7-14-5-8-15(19)9-6-14/h5-6,8-9,12,16H,2-4,7,10-11H2,1H3,(H,20,21). The van der Waals surface area contributed by atoms with Crippen LogP contribution in [0, 0.1) is 12.7 Å². The Bertz CT molecular complexity index is 665. The molecule has 23 heavy (non-hydrogen) atoms. The number of hydrogen-bond acceptors (Lipinski definition) is 2. The van der Waals surface area contributed by atoms with Crippen LogP contribution in [0.2, 0.25) is 0 Å². The molecular weight excluding hydrogens is 293 g/mol. The molecule has 0 spiro atoms. The number of piperidine rings is 1. The normalized spacial score (nSPS) is 18.2. The molecule has 4 nitrogen and oxygen atoms in total. The number of aromatic amines is 1. The third kappa shape index (κ3) is 3.60. The maximum Gasteiger partial charge on any atom is 0.223 e. The first-order valence-electron chi connectivity index (χ1n) is 8.19. The van der Waals surface area contributed by atoms with Gasteiger partial charge < -0.3 is 4.90 Å². The first-order chi connectivity index (χ1) is 11.1. The van der Waals surface area contributed by atoms with E-state index in [-0.39, 0.29) is 17.8 Å². The Hall–Kier alpha value is -2.17. The number of halogens is 1. The van der Waals surface area contributed by atoms with Crippen molar-refractivity contribution in [3.05, 3.63) is 53.1 Å². The lowest BCUT2D eigenvalue weighted by molar-refractivity contribution is -0.135. The summed E-state index contributed by atoms with van der Waals surface area (Å²) in [5, 5.41) is 7.15. The zero-order chi connectivity index (χ0) is 16.2. The van der Waals surface area contributed by atoms with Crippen molar-refractivity contribution in [2.75, 3.05) is 6.54 Å². The zero-order valence-corrected chi connectivity index (χ0v) is 13.4. The van der Waals surface area contributed by atoms with Crippen LogP contribution in [0.3, 0.4) is 0 Å². The van der Waals surface area contributed by atoms with Crippen LogP contribution >= 0.6 is 0 Å². The smallest absolute Gasteiger partial charge is 0.223 e. The molecule has 1 N–H and O–H groups in total. The van der Waals surface area contributed by atoms with Crippen molar-refractivity contribution in [1.82, 2.24) is 15.1 Å². The second kappa shape index (κ2) is 6.94. The third-order valence-electron chi connectivity index (χ3n) is 4.57. The molecular formula is C18H22FN3O. The van der Waals surface area contributed by atoms with E-state index in [2.05, 4.69) is 10.2 Å². The quantitative estimate of drug-likeness (QED) is 0.938. The molecule has 0 aliphatic carbocycles. The van der Waals surface area contributed by atoms with Crippen LogP contribution in [0.1, 0.15) is 48.5 Å². The molecule has 1 aliphatic rings. The second-order valence-electron chi connectivity index (χ2n) is 6.19. The van der Waals surface area contributed by atoms with Gasteiger partial charge in [0.1, 0.15) is 5.82 Å². The highest BCUT2D eigenvalue weighted by Gasteiger charge is 2.29. The van der Waals surface area contributed by atoms with Crippen molar-refractivity contribution in [1.29, 1.82) is 0 Å². The average Bonchev–Trinajstić information content (AvgIpc) is 3.00. The number of aromatic nitrogens is 2. The van der Waals surface area contributed by atoms with E-state index in [1.807, 2.05) is 18.0 Å². The third-order valence-corrected chi connectivity index (χ3v) is 4.57. The Morgan fingerprint density at radius 2 is 2.13 bits per heavy atom. The molecule has 2 heterocycles. The SMILES string of the molecule is Cc1cn[nH]c1C1CCCCN1C(=O)CCc1ccc(F)cc1. The summed E-state index contributed by atoms with van der Waals surface area (Å²) in [7, 11) is 0. The zero-order valence-electron chi connectivity index (χ0n) is 13.4. The molecule has 0 saturated carbocycles. The lowest BCUT2D eigenvalue weighted by Gasteiger charge is -2.35. The van der Waals surface area contributed by atoms with Gasteiger partial charge in [-0.15, -0.1) is 0 Å². The van der Waals surface area contributed by atoms with E-state index in [1.54, 1.807) is 12.1 Å². The lowest BCUT2D eigenvalue weighted by atomic mass is 9.96. The number of hydrogen-bond donors (Lipinski definition) is 1. The highest BCUT2D eigenvalue weighted by atomic mass is 19.1. The van der Waals surface area contributed by atoms with E-state index in [4.69, 9.17) is 0 Å². The summed E-state index contributed by atoms with van der Waals surface area (Å²) in [5.74, 6) is -0.0843. The molecule has 0 radical (unpaired) electrons. The molecule has 1 aliphatic heterocycles.